The van der Waals surface area contributed by atoms with E-state index in [1.807, 2.05) is 19.9 Å². The lowest BCUT2D eigenvalue weighted by atomic mass is 9.92. The number of carbonyl (C=O) groups excluding carboxylic acids is 2. The summed E-state index contributed by atoms with van der Waals surface area (Å²) >= 11 is 0. The van der Waals surface area contributed by atoms with E-state index in [0.717, 1.165) is 5.57 Å². The van der Waals surface area contributed by atoms with Gasteiger partial charge in [0, 0.05) is 6.42 Å². The fourth-order valence-electron chi connectivity index (χ4n) is 3.48. The van der Waals surface area contributed by atoms with Gasteiger partial charge in [-0.25, -0.2) is 4.79 Å². The van der Waals surface area contributed by atoms with Gasteiger partial charge in [0.1, 0.15) is 18.0 Å². The summed E-state index contributed by atoms with van der Waals surface area (Å²) in [6, 6.07) is 0. The lowest BCUT2D eigenvalue weighted by Gasteiger charge is -2.34. The van der Waals surface area contributed by atoms with Crippen LogP contribution in [0.15, 0.2) is 58.9 Å². The minimum Gasteiger partial charge on any atom is -0.470 e. The minimum absolute atomic E-state index is 0.167. The van der Waals surface area contributed by atoms with Gasteiger partial charge in [-0.05, 0) is 45.8 Å². The Balaban J connectivity index is 2.47. The van der Waals surface area contributed by atoms with Crippen LogP contribution in [0.5, 0.6) is 0 Å². The van der Waals surface area contributed by atoms with Crippen molar-refractivity contribution < 1.29 is 34.4 Å². The van der Waals surface area contributed by atoms with E-state index in [9.17, 15) is 24.9 Å². The maximum atomic E-state index is 12.5. The monoisotopic (exact) mass is 461 g/mol. The molecule has 4 N–H and O–H groups in total. The summed E-state index contributed by atoms with van der Waals surface area (Å²) in [5.41, 5.74) is 1.85. The van der Waals surface area contributed by atoms with Crippen LogP contribution >= 0.6 is 0 Å². The average Bonchev–Trinajstić information content (AvgIpc) is 2.75. The molecule has 8 nitrogen and oxygen atoms in total. The lowest BCUT2D eigenvalue weighted by Crippen LogP contribution is -2.43. The number of rotatable bonds is 2. The molecule has 2 heterocycles. The van der Waals surface area contributed by atoms with Gasteiger partial charge in [0.15, 0.2) is 6.23 Å². The van der Waals surface area contributed by atoms with Crippen molar-refractivity contribution in [3.05, 3.63) is 58.9 Å². The standard InChI is InChI=1S/C25H35NO7/c1-14-6-9-19(28)10-8-15(2)12-22(26-24(30)18(5)27)33-23-16(3)21(13-20(29)11-7-14)32-25(31)17(23)4/h6-8,10-12,16,18-22,27-29H,9,13H2,1-5H3,(H,26,30)/b10-8+,11-7+,14-6-,15-12-/t16-,18+,19-,20-,21-,22?/m1/s1. The number of allylic oxidation sites excluding steroid dienone is 4. The van der Waals surface area contributed by atoms with Crippen molar-refractivity contribution in [3.8, 4) is 0 Å². The van der Waals surface area contributed by atoms with Crippen LogP contribution in [0.4, 0.5) is 0 Å². The number of hydrogen-bond acceptors (Lipinski definition) is 7. The van der Waals surface area contributed by atoms with Gasteiger partial charge in [0.2, 0.25) is 0 Å². The molecular formula is C25H35NO7. The smallest absolute Gasteiger partial charge is 0.337 e. The third-order valence-corrected chi connectivity index (χ3v) is 5.56. The van der Waals surface area contributed by atoms with Crippen LogP contribution in [0.1, 0.15) is 47.5 Å². The van der Waals surface area contributed by atoms with E-state index in [0.29, 0.717) is 17.8 Å². The Kier molecular flexibility index (Phi) is 9.64. The van der Waals surface area contributed by atoms with Crippen molar-refractivity contribution >= 4 is 11.9 Å². The van der Waals surface area contributed by atoms with E-state index in [2.05, 4.69) is 5.32 Å². The summed E-state index contributed by atoms with van der Waals surface area (Å²) in [6.45, 7) is 8.40. The number of fused-ring (bicyclic) bond motifs is 2. The molecule has 1 amide bonds. The van der Waals surface area contributed by atoms with E-state index in [-0.39, 0.29) is 17.9 Å². The van der Waals surface area contributed by atoms with Crippen molar-refractivity contribution in [1.82, 2.24) is 5.32 Å². The van der Waals surface area contributed by atoms with Gasteiger partial charge in [-0.2, -0.15) is 0 Å². The van der Waals surface area contributed by atoms with Crippen LogP contribution in [0, 0.1) is 5.92 Å². The van der Waals surface area contributed by atoms with Gasteiger partial charge >= 0.3 is 5.97 Å². The van der Waals surface area contributed by atoms with Crippen molar-refractivity contribution in [2.45, 2.75) is 78.1 Å². The topological polar surface area (TPSA) is 125 Å². The summed E-state index contributed by atoms with van der Waals surface area (Å²) in [5, 5.41) is 32.9. The van der Waals surface area contributed by atoms with Crippen LogP contribution in [0.3, 0.4) is 0 Å². The molecular weight excluding hydrogens is 426 g/mol. The fourth-order valence-corrected chi connectivity index (χ4v) is 3.48. The lowest BCUT2D eigenvalue weighted by molar-refractivity contribution is -0.152. The number of nitrogens with one attached hydrogen (secondary N) is 1. The second-order valence-electron chi connectivity index (χ2n) is 8.63. The Morgan fingerprint density at radius 3 is 2.39 bits per heavy atom. The molecule has 0 aromatic heterocycles. The Morgan fingerprint density at radius 2 is 1.73 bits per heavy atom. The fraction of sp³-hybridized carbons (Fsp3) is 0.520. The van der Waals surface area contributed by atoms with Crippen LogP contribution in [-0.4, -0.2) is 57.8 Å². The van der Waals surface area contributed by atoms with E-state index in [1.165, 1.54) is 6.92 Å². The molecule has 0 fully saturated rings. The third kappa shape index (κ3) is 7.99. The zero-order valence-electron chi connectivity index (χ0n) is 19.8. The molecule has 33 heavy (non-hydrogen) atoms. The van der Waals surface area contributed by atoms with Crippen LogP contribution < -0.4 is 5.32 Å². The van der Waals surface area contributed by atoms with E-state index >= 15 is 0 Å². The molecule has 0 aromatic rings. The molecule has 0 aromatic carbocycles. The van der Waals surface area contributed by atoms with Crippen LogP contribution in [-0.2, 0) is 19.1 Å². The molecule has 0 saturated carbocycles. The second kappa shape index (κ2) is 12.0. The Morgan fingerprint density at radius 1 is 1.09 bits per heavy atom. The van der Waals surface area contributed by atoms with E-state index in [4.69, 9.17) is 9.47 Å². The Hall–Kier alpha value is -2.68. The number of ether oxygens (including phenoxy) is 2. The first-order chi connectivity index (χ1) is 15.5. The number of hydrogen-bond donors (Lipinski definition) is 4. The van der Waals surface area contributed by atoms with E-state index < -0.39 is 42.5 Å². The molecule has 6 atom stereocenters. The summed E-state index contributed by atoms with van der Waals surface area (Å²) in [7, 11) is 0. The first-order valence-corrected chi connectivity index (χ1v) is 11.1. The van der Waals surface area contributed by atoms with Crippen molar-refractivity contribution in [2.24, 2.45) is 5.92 Å². The number of amides is 1. The first kappa shape index (κ1) is 26.6. The van der Waals surface area contributed by atoms with Crippen LogP contribution in [0.2, 0.25) is 0 Å². The van der Waals surface area contributed by atoms with Crippen molar-refractivity contribution in [3.63, 3.8) is 0 Å². The van der Waals surface area contributed by atoms with Crippen molar-refractivity contribution in [2.75, 3.05) is 0 Å². The number of esters is 1. The van der Waals surface area contributed by atoms with Crippen molar-refractivity contribution in [1.29, 1.82) is 0 Å². The van der Waals surface area contributed by atoms with Gasteiger partial charge in [0.25, 0.3) is 5.91 Å². The second-order valence-corrected chi connectivity index (χ2v) is 8.63. The maximum Gasteiger partial charge on any atom is 0.337 e. The summed E-state index contributed by atoms with van der Waals surface area (Å²) < 4.78 is 11.6. The molecule has 2 aliphatic heterocycles. The minimum atomic E-state index is -1.25. The number of aliphatic hydroxyl groups excluding tert-OH is 3. The third-order valence-electron chi connectivity index (χ3n) is 5.56. The largest absolute Gasteiger partial charge is 0.470 e. The molecule has 0 radical (unpaired) electrons. The molecule has 2 bridgehead atoms. The maximum absolute atomic E-state index is 12.5. The average molecular weight is 462 g/mol. The Bertz CT molecular complexity index is 881. The Labute approximate surface area is 195 Å². The van der Waals surface area contributed by atoms with Crippen LogP contribution in [0.25, 0.3) is 0 Å². The molecule has 1 unspecified atom stereocenters. The SMILES string of the molecule is CC1=C2OC(NC(=O)[C@H](C)O)/C=C(C)\C=C\[C@H](O)C/C=C(C)\C=C\[C@@H](O)C[C@@H](OC1=O)[C@H]2C. The highest BCUT2D eigenvalue weighted by Gasteiger charge is 2.36. The highest BCUT2D eigenvalue weighted by atomic mass is 16.6. The predicted octanol–water partition coefficient (Wildman–Crippen LogP) is 2.18. The molecule has 2 aliphatic rings. The normalized spacial score (nSPS) is 35.5. The number of aliphatic hydroxyl groups is 3. The summed E-state index contributed by atoms with van der Waals surface area (Å²) in [6.07, 6.45) is 6.32. The molecule has 0 spiro atoms. The van der Waals surface area contributed by atoms with Gasteiger partial charge < -0.3 is 30.1 Å². The van der Waals surface area contributed by atoms with E-state index in [1.54, 1.807) is 44.2 Å². The summed E-state index contributed by atoms with van der Waals surface area (Å²) in [5.74, 6) is -1.23. The van der Waals surface area contributed by atoms with Gasteiger partial charge in [-0.1, -0.05) is 42.9 Å². The zero-order chi connectivity index (χ0) is 24.7. The first-order valence-electron chi connectivity index (χ1n) is 11.1. The molecule has 8 heteroatoms. The van der Waals surface area contributed by atoms with Gasteiger partial charge in [-0.3, -0.25) is 4.79 Å². The summed E-state index contributed by atoms with van der Waals surface area (Å²) in [4.78, 5) is 24.6. The quantitative estimate of drug-likeness (QED) is 0.465. The predicted molar refractivity (Wildman–Crippen MR) is 123 cm³/mol. The molecule has 0 aliphatic carbocycles. The highest BCUT2D eigenvalue weighted by molar-refractivity contribution is 5.89. The zero-order valence-corrected chi connectivity index (χ0v) is 19.8. The molecule has 0 saturated heterocycles. The number of carbonyl (C=O) groups is 2. The van der Waals surface area contributed by atoms with Gasteiger partial charge in [0.05, 0.1) is 23.7 Å². The highest BCUT2D eigenvalue weighted by Crippen LogP contribution is 2.32. The molecule has 182 valence electrons. The van der Waals surface area contributed by atoms with Gasteiger partial charge in [-0.15, -0.1) is 0 Å². The molecule has 2 rings (SSSR count).